The first-order valence-electron chi connectivity index (χ1n) is 3.70. The minimum atomic E-state index is -1.01. The molecule has 0 aliphatic rings. The van der Waals surface area contributed by atoms with Gasteiger partial charge in [-0.25, -0.2) is 4.79 Å². The Labute approximate surface area is 75.4 Å². The second kappa shape index (κ2) is 3.91. The molecule has 0 bridgehead atoms. The van der Waals surface area contributed by atoms with E-state index < -0.39 is 5.97 Å². The topological polar surface area (TPSA) is 66.8 Å². The van der Waals surface area contributed by atoms with Gasteiger partial charge in [-0.15, -0.1) is 0 Å². The van der Waals surface area contributed by atoms with Crippen LogP contribution in [0.25, 0.3) is 0 Å². The summed E-state index contributed by atoms with van der Waals surface area (Å²) in [7, 11) is 1.43. The Morgan fingerprint density at radius 1 is 1.54 bits per heavy atom. The van der Waals surface area contributed by atoms with Crippen LogP contribution in [0.4, 0.5) is 0 Å². The zero-order valence-electron chi connectivity index (χ0n) is 7.15. The van der Waals surface area contributed by atoms with Crippen LogP contribution in [0.3, 0.4) is 0 Å². The number of rotatable bonds is 3. The average molecular weight is 182 g/mol. The third-order valence-corrected chi connectivity index (χ3v) is 1.70. The number of hydrogen-bond acceptors (Lipinski definition) is 3. The molecule has 0 saturated heterocycles. The molecule has 0 amide bonds. The van der Waals surface area contributed by atoms with E-state index in [0.29, 0.717) is 11.3 Å². The molecule has 0 aliphatic heterocycles. The third-order valence-electron chi connectivity index (χ3n) is 1.70. The van der Waals surface area contributed by atoms with Gasteiger partial charge in [0, 0.05) is 5.56 Å². The fraction of sp³-hybridized carbons (Fsp3) is 0.222. The molecule has 0 spiro atoms. The Balaban J connectivity index is 3.13. The van der Waals surface area contributed by atoms with Gasteiger partial charge < -0.3 is 14.9 Å². The van der Waals surface area contributed by atoms with Gasteiger partial charge in [0.2, 0.25) is 0 Å². The van der Waals surface area contributed by atoms with Gasteiger partial charge in [-0.3, -0.25) is 0 Å². The zero-order chi connectivity index (χ0) is 9.84. The lowest BCUT2D eigenvalue weighted by Gasteiger charge is -2.06. The van der Waals surface area contributed by atoms with Gasteiger partial charge in [0.15, 0.2) is 0 Å². The summed E-state index contributed by atoms with van der Waals surface area (Å²) in [4.78, 5) is 10.6. The number of aromatic carboxylic acids is 1. The number of benzene rings is 1. The molecule has 0 atom stereocenters. The number of aliphatic hydroxyl groups is 1. The molecule has 4 nitrogen and oxygen atoms in total. The molecule has 0 saturated carbocycles. The Morgan fingerprint density at radius 3 is 2.69 bits per heavy atom. The highest BCUT2D eigenvalue weighted by atomic mass is 16.5. The lowest BCUT2D eigenvalue weighted by atomic mass is 10.1. The average Bonchev–Trinajstić information content (AvgIpc) is 2.16. The van der Waals surface area contributed by atoms with Crippen molar-refractivity contribution >= 4 is 5.97 Å². The van der Waals surface area contributed by atoms with Crippen molar-refractivity contribution in [3.05, 3.63) is 29.3 Å². The molecule has 4 heteroatoms. The number of methoxy groups -OCH3 is 1. The number of hydrogen-bond donors (Lipinski definition) is 2. The number of aliphatic hydroxyl groups excluding tert-OH is 1. The van der Waals surface area contributed by atoms with E-state index in [-0.39, 0.29) is 12.2 Å². The maximum Gasteiger partial charge on any atom is 0.335 e. The van der Waals surface area contributed by atoms with Crippen LogP contribution >= 0.6 is 0 Å². The fourth-order valence-electron chi connectivity index (χ4n) is 1.01. The second-order valence-electron chi connectivity index (χ2n) is 2.49. The van der Waals surface area contributed by atoms with E-state index in [9.17, 15) is 4.79 Å². The Morgan fingerprint density at radius 2 is 2.23 bits per heavy atom. The fourth-order valence-corrected chi connectivity index (χ4v) is 1.01. The molecular formula is C9H10O4. The van der Waals surface area contributed by atoms with Crippen LogP contribution in [0.2, 0.25) is 0 Å². The highest BCUT2D eigenvalue weighted by Crippen LogP contribution is 2.19. The van der Waals surface area contributed by atoms with E-state index in [4.69, 9.17) is 14.9 Å². The van der Waals surface area contributed by atoms with Crippen molar-refractivity contribution in [2.75, 3.05) is 7.11 Å². The summed E-state index contributed by atoms with van der Waals surface area (Å²) in [5, 5.41) is 17.5. The summed E-state index contributed by atoms with van der Waals surface area (Å²) in [5.74, 6) is -0.620. The standard InChI is InChI=1S/C9H10O4/c1-13-8-4-6(9(11)12)2-3-7(8)5-10/h2-4,10H,5H2,1H3,(H,11,12). The molecule has 1 aromatic carbocycles. The monoisotopic (exact) mass is 182 g/mol. The molecule has 1 rings (SSSR count). The van der Waals surface area contributed by atoms with Crippen LogP contribution in [0.1, 0.15) is 15.9 Å². The second-order valence-corrected chi connectivity index (χ2v) is 2.49. The summed E-state index contributed by atoms with van der Waals surface area (Å²) < 4.78 is 4.90. The Hall–Kier alpha value is -1.55. The summed E-state index contributed by atoms with van der Waals surface area (Å²) in [5.41, 5.74) is 0.724. The lowest BCUT2D eigenvalue weighted by molar-refractivity contribution is 0.0696. The van der Waals surface area contributed by atoms with Gasteiger partial charge in [0.05, 0.1) is 19.3 Å². The van der Waals surface area contributed by atoms with Crippen LogP contribution in [-0.4, -0.2) is 23.3 Å². The summed E-state index contributed by atoms with van der Waals surface area (Å²) >= 11 is 0. The highest BCUT2D eigenvalue weighted by molar-refractivity contribution is 5.88. The predicted octanol–water partition coefficient (Wildman–Crippen LogP) is 0.886. The lowest BCUT2D eigenvalue weighted by Crippen LogP contribution is -1.99. The van der Waals surface area contributed by atoms with Gasteiger partial charge in [0.25, 0.3) is 0 Å². The first kappa shape index (κ1) is 9.54. The van der Waals surface area contributed by atoms with E-state index in [1.165, 1.54) is 25.3 Å². The van der Waals surface area contributed by atoms with Gasteiger partial charge in [-0.2, -0.15) is 0 Å². The van der Waals surface area contributed by atoms with Crippen molar-refractivity contribution in [3.8, 4) is 5.75 Å². The maximum absolute atomic E-state index is 10.6. The van der Waals surface area contributed by atoms with Crippen molar-refractivity contribution < 1.29 is 19.7 Å². The highest BCUT2D eigenvalue weighted by Gasteiger charge is 2.07. The predicted molar refractivity (Wildman–Crippen MR) is 45.9 cm³/mol. The van der Waals surface area contributed by atoms with E-state index in [1.54, 1.807) is 0 Å². The molecule has 0 heterocycles. The molecule has 0 fully saturated rings. The smallest absolute Gasteiger partial charge is 0.335 e. The molecule has 1 aromatic rings. The first-order chi connectivity index (χ1) is 6.19. The number of carboxylic acids is 1. The molecule has 13 heavy (non-hydrogen) atoms. The van der Waals surface area contributed by atoms with Crippen LogP contribution < -0.4 is 4.74 Å². The largest absolute Gasteiger partial charge is 0.496 e. The molecule has 0 aromatic heterocycles. The zero-order valence-corrected chi connectivity index (χ0v) is 7.15. The SMILES string of the molecule is COc1cc(C(=O)O)ccc1CO. The van der Waals surface area contributed by atoms with Gasteiger partial charge in [-0.05, 0) is 12.1 Å². The van der Waals surface area contributed by atoms with Gasteiger partial charge in [-0.1, -0.05) is 6.07 Å². The van der Waals surface area contributed by atoms with Crippen molar-refractivity contribution in [3.63, 3.8) is 0 Å². The molecule has 0 aliphatic carbocycles. The van der Waals surface area contributed by atoms with E-state index in [0.717, 1.165) is 0 Å². The Bertz CT molecular complexity index is 319. The summed E-state index contributed by atoms with van der Waals surface area (Å²) in [6, 6.07) is 4.34. The maximum atomic E-state index is 10.6. The molecule has 2 N–H and O–H groups in total. The summed E-state index contributed by atoms with van der Waals surface area (Å²) in [6.45, 7) is -0.164. The van der Waals surface area contributed by atoms with Crippen molar-refractivity contribution in [1.29, 1.82) is 0 Å². The van der Waals surface area contributed by atoms with Gasteiger partial charge >= 0.3 is 5.97 Å². The van der Waals surface area contributed by atoms with Crippen molar-refractivity contribution in [2.24, 2.45) is 0 Å². The van der Waals surface area contributed by atoms with Crippen LogP contribution in [0.15, 0.2) is 18.2 Å². The quantitative estimate of drug-likeness (QED) is 0.728. The van der Waals surface area contributed by atoms with E-state index in [1.807, 2.05) is 0 Å². The third kappa shape index (κ3) is 1.97. The van der Waals surface area contributed by atoms with Crippen LogP contribution in [0.5, 0.6) is 5.75 Å². The molecule has 0 radical (unpaired) electrons. The van der Waals surface area contributed by atoms with Crippen molar-refractivity contribution in [1.82, 2.24) is 0 Å². The van der Waals surface area contributed by atoms with Crippen LogP contribution in [-0.2, 0) is 6.61 Å². The minimum absolute atomic E-state index is 0.147. The van der Waals surface area contributed by atoms with Crippen molar-refractivity contribution in [2.45, 2.75) is 6.61 Å². The first-order valence-corrected chi connectivity index (χ1v) is 3.70. The minimum Gasteiger partial charge on any atom is -0.496 e. The molecular weight excluding hydrogens is 172 g/mol. The molecule has 0 unspecified atom stereocenters. The summed E-state index contributed by atoms with van der Waals surface area (Å²) in [6.07, 6.45) is 0. The van der Waals surface area contributed by atoms with E-state index >= 15 is 0 Å². The van der Waals surface area contributed by atoms with Gasteiger partial charge in [0.1, 0.15) is 5.75 Å². The number of carbonyl (C=O) groups is 1. The number of ether oxygens (including phenoxy) is 1. The Kier molecular flexibility index (Phi) is 2.87. The normalized spacial score (nSPS) is 9.69. The van der Waals surface area contributed by atoms with E-state index in [2.05, 4.69) is 0 Å². The number of carboxylic acid groups (broad SMARTS) is 1. The van der Waals surface area contributed by atoms with Crippen LogP contribution in [0, 0.1) is 0 Å². The molecule has 70 valence electrons.